The number of amides is 1. The normalized spacial score (nSPS) is 22.3. The summed E-state index contributed by atoms with van der Waals surface area (Å²) in [6.07, 6.45) is 3.98. The number of piperidine rings is 1. The molecule has 3 rings (SSSR count). The molecule has 0 bridgehead atoms. The first-order chi connectivity index (χ1) is 12.1. The average Bonchev–Trinajstić information content (AvgIpc) is 3.01. The fourth-order valence-corrected chi connectivity index (χ4v) is 4.09. The molecule has 2 aliphatic heterocycles. The number of aryl methyl sites for hydroxylation is 1. The highest BCUT2D eigenvalue weighted by molar-refractivity contribution is 5.78. The summed E-state index contributed by atoms with van der Waals surface area (Å²) >= 11 is 0. The van der Waals surface area contributed by atoms with Crippen LogP contribution in [0, 0.1) is 12.8 Å². The van der Waals surface area contributed by atoms with Crippen LogP contribution in [0.3, 0.4) is 0 Å². The van der Waals surface area contributed by atoms with Gasteiger partial charge in [0.1, 0.15) is 5.75 Å². The van der Waals surface area contributed by atoms with Crippen LogP contribution < -0.4 is 4.74 Å². The average molecular weight is 347 g/mol. The van der Waals surface area contributed by atoms with Gasteiger partial charge in [0.15, 0.2) is 6.61 Å². The predicted molar refractivity (Wildman–Crippen MR) is 95.8 cm³/mol. The van der Waals surface area contributed by atoms with Gasteiger partial charge in [-0.05, 0) is 50.2 Å². The van der Waals surface area contributed by atoms with Gasteiger partial charge in [-0.15, -0.1) is 0 Å². The molecule has 25 heavy (non-hydrogen) atoms. The minimum atomic E-state index is -0.0494. The highest BCUT2D eigenvalue weighted by atomic mass is 16.5. The van der Waals surface area contributed by atoms with Gasteiger partial charge < -0.3 is 19.1 Å². The predicted octanol–water partition coefficient (Wildman–Crippen LogP) is 2.81. The van der Waals surface area contributed by atoms with Crippen LogP contribution in [0.1, 0.15) is 31.2 Å². The van der Waals surface area contributed by atoms with Gasteiger partial charge in [0.25, 0.3) is 5.91 Å². The molecule has 0 radical (unpaired) electrons. The van der Waals surface area contributed by atoms with E-state index in [4.69, 9.17) is 14.2 Å². The lowest BCUT2D eigenvalue weighted by Gasteiger charge is -2.42. The Morgan fingerprint density at radius 3 is 2.80 bits per heavy atom. The molecule has 0 aliphatic carbocycles. The first kappa shape index (κ1) is 18.2. The quantitative estimate of drug-likeness (QED) is 0.794. The lowest BCUT2D eigenvalue weighted by atomic mass is 9.78. The lowest BCUT2D eigenvalue weighted by molar-refractivity contribution is -0.139. The van der Waals surface area contributed by atoms with Gasteiger partial charge in [-0.3, -0.25) is 4.79 Å². The van der Waals surface area contributed by atoms with E-state index in [0.717, 1.165) is 63.3 Å². The van der Waals surface area contributed by atoms with Crippen molar-refractivity contribution in [1.29, 1.82) is 0 Å². The van der Waals surface area contributed by atoms with Crippen LogP contribution in [0.5, 0.6) is 5.75 Å². The maximum Gasteiger partial charge on any atom is 0.260 e. The van der Waals surface area contributed by atoms with Crippen molar-refractivity contribution in [2.24, 2.45) is 5.92 Å². The highest BCUT2D eigenvalue weighted by Gasteiger charge is 2.46. The van der Waals surface area contributed by atoms with Crippen LogP contribution >= 0.6 is 0 Å². The molecule has 0 saturated carbocycles. The van der Waals surface area contributed by atoms with Crippen LogP contribution in [0.25, 0.3) is 0 Å². The number of para-hydroxylation sites is 1. The lowest BCUT2D eigenvalue weighted by Crippen LogP contribution is -2.50. The molecule has 1 atom stereocenters. The topological polar surface area (TPSA) is 48.0 Å². The maximum absolute atomic E-state index is 12.5. The number of hydrogen-bond donors (Lipinski definition) is 0. The number of likely N-dealkylation sites (tertiary alicyclic amines) is 1. The van der Waals surface area contributed by atoms with Gasteiger partial charge >= 0.3 is 0 Å². The molecule has 5 nitrogen and oxygen atoms in total. The molecule has 1 unspecified atom stereocenters. The third-order valence-electron chi connectivity index (χ3n) is 5.68. The Kier molecular flexibility index (Phi) is 5.97. The Balaban J connectivity index is 1.50. The van der Waals surface area contributed by atoms with Gasteiger partial charge in [0.05, 0.1) is 5.60 Å². The van der Waals surface area contributed by atoms with Gasteiger partial charge in [-0.25, -0.2) is 0 Å². The third-order valence-corrected chi connectivity index (χ3v) is 5.68. The minimum Gasteiger partial charge on any atom is -0.484 e. The molecule has 2 saturated heterocycles. The van der Waals surface area contributed by atoms with E-state index in [-0.39, 0.29) is 18.1 Å². The minimum absolute atomic E-state index is 0.0494. The molecular formula is C20H29NO4. The number of nitrogens with zero attached hydrogens (tertiary/aromatic N) is 1. The number of methoxy groups -OCH3 is 1. The van der Waals surface area contributed by atoms with Crippen molar-refractivity contribution in [3.05, 3.63) is 29.8 Å². The Labute approximate surface area is 150 Å². The van der Waals surface area contributed by atoms with Crippen molar-refractivity contribution in [1.82, 2.24) is 4.90 Å². The van der Waals surface area contributed by atoms with Gasteiger partial charge in [0, 0.05) is 33.4 Å². The number of rotatable bonds is 6. The second-order valence-corrected chi connectivity index (χ2v) is 7.12. The summed E-state index contributed by atoms with van der Waals surface area (Å²) in [5.74, 6) is 1.39. The Hall–Kier alpha value is -1.59. The monoisotopic (exact) mass is 347 g/mol. The molecule has 1 amide bonds. The maximum atomic E-state index is 12.5. The van der Waals surface area contributed by atoms with Crippen LogP contribution in [0.4, 0.5) is 0 Å². The molecule has 0 N–H and O–H groups in total. The molecular weight excluding hydrogens is 318 g/mol. The standard InChI is InChI=1S/C20H29NO4/c1-16-5-3-4-6-18(16)24-15-19(22)21-11-9-20(10-12-21)17(7-13-23-2)8-14-25-20/h3-6,17H,7-15H2,1-2H3. The zero-order valence-electron chi connectivity index (χ0n) is 15.3. The molecule has 2 heterocycles. The third kappa shape index (κ3) is 4.15. The second-order valence-electron chi connectivity index (χ2n) is 7.12. The summed E-state index contributed by atoms with van der Waals surface area (Å²) < 4.78 is 17.1. The van der Waals surface area contributed by atoms with Crippen molar-refractivity contribution >= 4 is 5.91 Å². The Morgan fingerprint density at radius 1 is 1.32 bits per heavy atom. The Bertz CT molecular complexity index is 581. The van der Waals surface area contributed by atoms with E-state index >= 15 is 0 Å². The van der Waals surface area contributed by atoms with Crippen molar-refractivity contribution in [3.8, 4) is 5.75 Å². The van der Waals surface area contributed by atoms with E-state index in [1.807, 2.05) is 36.1 Å². The summed E-state index contributed by atoms with van der Waals surface area (Å²) in [5, 5.41) is 0. The van der Waals surface area contributed by atoms with Crippen LogP contribution in [0.15, 0.2) is 24.3 Å². The summed E-state index contributed by atoms with van der Waals surface area (Å²) in [4.78, 5) is 14.4. The van der Waals surface area contributed by atoms with Gasteiger partial charge in [-0.1, -0.05) is 18.2 Å². The van der Waals surface area contributed by atoms with E-state index in [9.17, 15) is 4.79 Å². The first-order valence-electron chi connectivity index (χ1n) is 9.24. The van der Waals surface area contributed by atoms with Gasteiger partial charge in [0.2, 0.25) is 0 Å². The number of ether oxygens (including phenoxy) is 3. The summed E-state index contributed by atoms with van der Waals surface area (Å²) in [6.45, 7) is 5.20. The molecule has 1 aromatic rings. The number of hydrogen-bond acceptors (Lipinski definition) is 4. The highest BCUT2D eigenvalue weighted by Crippen LogP contribution is 2.42. The molecule has 138 valence electrons. The van der Waals surface area contributed by atoms with Crippen LogP contribution in [-0.4, -0.2) is 56.4 Å². The zero-order valence-corrected chi connectivity index (χ0v) is 15.3. The fraction of sp³-hybridized carbons (Fsp3) is 0.650. The molecule has 1 aromatic carbocycles. The summed E-state index contributed by atoms with van der Waals surface area (Å²) in [7, 11) is 1.75. The first-order valence-corrected chi connectivity index (χ1v) is 9.24. The van der Waals surface area contributed by atoms with E-state index in [1.165, 1.54) is 0 Å². The largest absolute Gasteiger partial charge is 0.484 e. The van der Waals surface area contributed by atoms with E-state index in [1.54, 1.807) is 7.11 Å². The number of carbonyl (C=O) groups is 1. The van der Waals surface area contributed by atoms with Crippen molar-refractivity contribution in [2.45, 2.75) is 38.2 Å². The van der Waals surface area contributed by atoms with Crippen LogP contribution in [-0.2, 0) is 14.3 Å². The molecule has 5 heteroatoms. The molecule has 2 aliphatic rings. The van der Waals surface area contributed by atoms with Crippen molar-refractivity contribution < 1.29 is 19.0 Å². The number of carbonyl (C=O) groups excluding carboxylic acids is 1. The molecule has 1 spiro atoms. The SMILES string of the molecule is COCCC1CCOC12CCN(C(=O)COc1ccccc1C)CC2. The molecule has 2 fully saturated rings. The van der Waals surface area contributed by atoms with Gasteiger partial charge in [-0.2, -0.15) is 0 Å². The van der Waals surface area contributed by atoms with E-state index in [0.29, 0.717) is 5.92 Å². The zero-order chi connectivity index (χ0) is 17.7. The number of benzene rings is 1. The smallest absolute Gasteiger partial charge is 0.260 e. The van der Waals surface area contributed by atoms with E-state index < -0.39 is 0 Å². The summed E-state index contributed by atoms with van der Waals surface area (Å²) in [6, 6.07) is 7.79. The van der Waals surface area contributed by atoms with E-state index in [2.05, 4.69) is 0 Å². The molecule has 0 aromatic heterocycles. The second kappa shape index (κ2) is 8.19. The Morgan fingerprint density at radius 2 is 2.08 bits per heavy atom. The van der Waals surface area contributed by atoms with Crippen LogP contribution in [0.2, 0.25) is 0 Å². The van der Waals surface area contributed by atoms with Crippen molar-refractivity contribution in [2.75, 3.05) is 40.0 Å². The fourth-order valence-electron chi connectivity index (χ4n) is 4.09. The summed E-state index contributed by atoms with van der Waals surface area (Å²) in [5.41, 5.74) is 1.000. The van der Waals surface area contributed by atoms with Crippen molar-refractivity contribution in [3.63, 3.8) is 0 Å².